The maximum absolute atomic E-state index is 12.2. The summed E-state index contributed by atoms with van der Waals surface area (Å²) < 4.78 is 8.59. The van der Waals surface area contributed by atoms with E-state index in [4.69, 9.17) is 4.74 Å². The Morgan fingerprint density at radius 3 is 2.70 bits per heavy atom. The molecule has 4 aromatic rings. The van der Waals surface area contributed by atoms with E-state index in [9.17, 15) is 4.79 Å². The second kappa shape index (κ2) is 7.58. The highest BCUT2D eigenvalue weighted by Crippen LogP contribution is 2.19. The molecule has 1 aromatic carbocycles. The average Bonchev–Trinajstić information content (AvgIpc) is 3.34. The van der Waals surface area contributed by atoms with Crippen molar-refractivity contribution in [3.05, 3.63) is 61.1 Å². The molecule has 3 heterocycles. The molecule has 0 saturated carbocycles. The number of fused-ring (bicyclic) bond motifs is 1. The number of carbonyl (C=O) groups excluding carboxylic acids is 1. The number of imidazole rings is 2. The van der Waals surface area contributed by atoms with Crippen LogP contribution in [0.3, 0.4) is 0 Å². The van der Waals surface area contributed by atoms with E-state index >= 15 is 0 Å². The van der Waals surface area contributed by atoms with Crippen molar-refractivity contribution in [2.75, 3.05) is 5.32 Å². The molecular formula is C21H23N7O2. The van der Waals surface area contributed by atoms with E-state index in [0.717, 1.165) is 11.0 Å². The second-order valence-corrected chi connectivity index (χ2v) is 7.89. The quantitative estimate of drug-likeness (QED) is 0.548. The lowest BCUT2D eigenvalue weighted by molar-refractivity contribution is 0.0536. The summed E-state index contributed by atoms with van der Waals surface area (Å²) in [6, 6.07) is 9.46. The molecule has 3 aromatic heterocycles. The molecule has 0 saturated heterocycles. The molecule has 9 nitrogen and oxygen atoms in total. The number of nitrogens with one attached hydrogen (secondary N) is 1. The van der Waals surface area contributed by atoms with E-state index in [0.29, 0.717) is 17.5 Å². The fourth-order valence-corrected chi connectivity index (χ4v) is 2.94. The van der Waals surface area contributed by atoms with Crippen molar-refractivity contribution >= 4 is 23.1 Å². The van der Waals surface area contributed by atoms with Crippen LogP contribution >= 0.6 is 0 Å². The van der Waals surface area contributed by atoms with Crippen molar-refractivity contribution in [3.8, 4) is 5.82 Å². The van der Waals surface area contributed by atoms with E-state index in [2.05, 4.69) is 25.3 Å². The third kappa shape index (κ3) is 4.14. The van der Waals surface area contributed by atoms with Gasteiger partial charge in [0.05, 0.1) is 22.8 Å². The predicted octanol–water partition coefficient (Wildman–Crippen LogP) is 3.97. The Bertz CT molecular complexity index is 1190. The van der Waals surface area contributed by atoms with Crippen molar-refractivity contribution in [2.45, 2.75) is 39.3 Å². The van der Waals surface area contributed by atoms with E-state index in [-0.39, 0.29) is 6.04 Å². The van der Waals surface area contributed by atoms with Crippen LogP contribution in [0.5, 0.6) is 0 Å². The minimum atomic E-state index is -0.572. The molecule has 1 atom stereocenters. The highest BCUT2D eigenvalue weighted by Gasteiger charge is 2.19. The summed E-state index contributed by atoms with van der Waals surface area (Å²) in [4.78, 5) is 29.8. The number of aromatic nitrogens is 6. The minimum absolute atomic E-state index is 0.219. The Hall–Kier alpha value is -3.75. The number of ether oxygens (including phenoxy) is 1. The van der Waals surface area contributed by atoms with Gasteiger partial charge in [0, 0.05) is 12.4 Å². The highest BCUT2D eigenvalue weighted by molar-refractivity contribution is 5.76. The number of carbonyl (C=O) groups is 1. The second-order valence-electron chi connectivity index (χ2n) is 7.89. The lowest BCUT2D eigenvalue weighted by Crippen LogP contribution is -2.26. The molecule has 0 aliphatic carbocycles. The van der Waals surface area contributed by atoms with E-state index in [1.807, 2.05) is 62.6 Å². The summed E-state index contributed by atoms with van der Waals surface area (Å²) in [6.07, 6.45) is 6.03. The SMILES string of the molecule is CC(Nc1nccc(-n2cnc3ccccc32)n1)c1cn(C(=O)OC(C)(C)C)cn1. The first-order valence-electron chi connectivity index (χ1n) is 9.59. The zero-order chi connectivity index (χ0) is 21.3. The number of anilines is 1. The zero-order valence-electron chi connectivity index (χ0n) is 17.3. The lowest BCUT2D eigenvalue weighted by atomic mass is 10.2. The summed E-state index contributed by atoms with van der Waals surface area (Å²) in [7, 11) is 0. The van der Waals surface area contributed by atoms with Gasteiger partial charge in [-0.2, -0.15) is 4.98 Å². The molecule has 0 spiro atoms. The van der Waals surface area contributed by atoms with Crippen molar-refractivity contribution in [1.82, 2.24) is 29.1 Å². The molecule has 0 aliphatic heterocycles. The Labute approximate surface area is 173 Å². The van der Waals surface area contributed by atoms with Crippen LogP contribution in [0.4, 0.5) is 10.7 Å². The summed E-state index contributed by atoms with van der Waals surface area (Å²) in [6.45, 7) is 7.38. The molecule has 0 amide bonds. The first kappa shape index (κ1) is 19.6. The maximum Gasteiger partial charge on any atom is 0.419 e. The molecule has 1 unspecified atom stereocenters. The first-order valence-corrected chi connectivity index (χ1v) is 9.59. The summed E-state index contributed by atoms with van der Waals surface area (Å²) >= 11 is 0. The number of hydrogen-bond donors (Lipinski definition) is 1. The molecule has 154 valence electrons. The van der Waals surface area contributed by atoms with Crippen LogP contribution in [-0.4, -0.2) is 40.8 Å². The van der Waals surface area contributed by atoms with Crippen LogP contribution in [0.1, 0.15) is 39.4 Å². The molecule has 1 N–H and O–H groups in total. The first-order chi connectivity index (χ1) is 14.3. The number of nitrogens with zero attached hydrogens (tertiary/aromatic N) is 6. The van der Waals surface area contributed by atoms with Gasteiger partial charge >= 0.3 is 6.09 Å². The van der Waals surface area contributed by atoms with Crippen molar-refractivity contribution in [2.24, 2.45) is 0 Å². The molecule has 30 heavy (non-hydrogen) atoms. The molecule has 0 aliphatic rings. The van der Waals surface area contributed by atoms with Crippen LogP contribution in [-0.2, 0) is 4.74 Å². The lowest BCUT2D eigenvalue weighted by Gasteiger charge is -2.19. The van der Waals surface area contributed by atoms with Crippen LogP contribution in [0.25, 0.3) is 16.9 Å². The molecule has 9 heteroatoms. The van der Waals surface area contributed by atoms with Gasteiger partial charge in [-0.1, -0.05) is 12.1 Å². The van der Waals surface area contributed by atoms with Gasteiger partial charge < -0.3 is 10.1 Å². The third-order valence-corrected chi connectivity index (χ3v) is 4.34. The summed E-state index contributed by atoms with van der Waals surface area (Å²) in [5.74, 6) is 1.15. The van der Waals surface area contributed by atoms with Gasteiger partial charge in [0.15, 0.2) is 0 Å². The van der Waals surface area contributed by atoms with Gasteiger partial charge in [0.25, 0.3) is 0 Å². The zero-order valence-corrected chi connectivity index (χ0v) is 17.3. The van der Waals surface area contributed by atoms with Crippen LogP contribution in [0.15, 0.2) is 55.4 Å². The monoisotopic (exact) mass is 405 g/mol. The summed E-state index contributed by atoms with van der Waals surface area (Å²) in [5, 5.41) is 3.23. The molecule has 4 rings (SSSR count). The standard InChI is InChI=1S/C21H23N7O2/c1-14(16-11-27(12-23-16)20(29)30-21(2,3)4)25-19-22-10-9-18(26-19)28-13-24-15-7-5-6-8-17(15)28/h5-14H,1-4H3,(H,22,25,26). The van der Waals surface area contributed by atoms with Gasteiger partial charge in [-0.15, -0.1) is 0 Å². The third-order valence-electron chi connectivity index (χ3n) is 4.34. The fraction of sp³-hybridized carbons (Fsp3) is 0.286. The van der Waals surface area contributed by atoms with E-state index in [1.54, 1.807) is 18.7 Å². The van der Waals surface area contributed by atoms with Gasteiger partial charge in [-0.3, -0.25) is 4.57 Å². The Morgan fingerprint density at radius 2 is 1.90 bits per heavy atom. The number of para-hydroxylation sites is 2. The molecular weight excluding hydrogens is 382 g/mol. The Morgan fingerprint density at radius 1 is 1.10 bits per heavy atom. The van der Waals surface area contributed by atoms with Crippen LogP contribution in [0.2, 0.25) is 0 Å². The number of benzene rings is 1. The Kier molecular flexibility index (Phi) is 4.94. The molecule has 0 bridgehead atoms. The average molecular weight is 405 g/mol. The largest absolute Gasteiger partial charge is 0.443 e. The van der Waals surface area contributed by atoms with Gasteiger partial charge in [0.2, 0.25) is 5.95 Å². The van der Waals surface area contributed by atoms with Crippen molar-refractivity contribution < 1.29 is 9.53 Å². The normalized spacial score (nSPS) is 12.7. The Balaban J connectivity index is 1.51. The van der Waals surface area contributed by atoms with Crippen molar-refractivity contribution in [1.29, 1.82) is 0 Å². The molecule has 0 fully saturated rings. The topological polar surface area (TPSA) is 99.8 Å². The summed E-state index contributed by atoms with van der Waals surface area (Å²) in [5.41, 5.74) is 1.96. The van der Waals surface area contributed by atoms with Crippen molar-refractivity contribution in [3.63, 3.8) is 0 Å². The van der Waals surface area contributed by atoms with Gasteiger partial charge in [-0.25, -0.2) is 24.3 Å². The van der Waals surface area contributed by atoms with E-state index in [1.165, 1.54) is 10.9 Å². The number of hydrogen-bond acceptors (Lipinski definition) is 7. The smallest absolute Gasteiger partial charge is 0.419 e. The van der Waals surface area contributed by atoms with Crippen LogP contribution < -0.4 is 5.32 Å². The van der Waals surface area contributed by atoms with Gasteiger partial charge in [0.1, 0.15) is 24.1 Å². The fourth-order valence-electron chi connectivity index (χ4n) is 2.94. The van der Waals surface area contributed by atoms with Crippen LogP contribution in [0, 0.1) is 0 Å². The van der Waals surface area contributed by atoms with E-state index < -0.39 is 11.7 Å². The minimum Gasteiger partial charge on any atom is -0.443 e. The maximum atomic E-state index is 12.2. The molecule has 0 radical (unpaired) electrons. The number of rotatable bonds is 4. The highest BCUT2D eigenvalue weighted by atomic mass is 16.6. The predicted molar refractivity (Wildman–Crippen MR) is 113 cm³/mol. The van der Waals surface area contributed by atoms with Gasteiger partial charge in [-0.05, 0) is 45.9 Å².